The highest BCUT2D eigenvalue weighted by molar-refractivity contribution is 7.92. The number of rotatable bonds is 6. The van der Waals surface area contributed by atoms with Crippen LogP contribution in [0.5, 0.6) is 0 Å². The van der Waals surface area contributed by atoms with Gasteiger partial charge in [-0.3, -0.25) is 19.3 Å². The van der Waals surface area contributed by atoms with E-state index in [4.69, 9.17) is 11.6 Å². The van der Waals surface area contributed by atoms with Crippen molar-refractivity contribution in [2.75, 3.05) is 4.72 Å². The van der Waals surface area contributed by atoms with E-state index < -0.39 is 10.0 Å². The Kier molecular flexibility index (Phi) is 5.81. The number of aromatic nitrogens is 1. The second-order valence-corrected chi connectivity index (χ2v) is 8.51. The molecule has 0 spiro atoms. The molecule has 6 nitrogen and oxygen atoms in total. The second kappa shape index (κ2) is 8.14. The number of halogens is 1. The summed E-state index contributed by atoms with van der Waals surface area (Å²) in [5, 5.41) is 0.299. The number of anilines is 1. The number of nitrogens with zero attached hydrogens (tertiary/aromatic N) is 1. The Morgan fingerprint density at radius 2 is 1.66 bits per heavy atom. The number of hydrogen-bond donors (Lipinski definition) is 1. The van der Waals surface area contributed by atoms with Gasteiger partial charge >= 0.3 is 0 Å². The molecule has 0 aliphatic carbocycles. The zero-order chi connectivity index (χ0) is 21.2. The maximum absolute atomic E-state index is 13.0. The predicted octanol–water partition coefficient (Wildman–Crippen LogP) is 4.28. The number of carbonyl (C=O) groups is 2. The molecular formula is C21H17ClN2O4S. The molecule has 0 saturated carbocycles. The van der Waals surface area contributed by atoms with E-state index in [2.05, 4.69) is 9.71 Å². The van der Waals surface area contributed by atoms with Crippen LogP contribution in [-0.4, -0.2) is 25.0 Å². The third-order valence-electron chi connectivity index (χ3n) is 4.20. The molecule has 0 bridgehead atoms. The first-order valence-corrected chi connectivity index (χ1v) is 10.4. The molecule has 2 aromatic carbocycles. The maximum atomic E-state index is 13.0. The monoisotopic (exact) mass is 428 g/mol. The summed E-state index contributed by atoms with van der Waals surface area (Å²) in [6, 6.07) is 13.0. The van der Waals surface area contributed by atoms with Gasteiger partial charge in [-0.2, -0.15) is 0 Å². The van der Waals surface area contributed by atoms with Gasteiger partial charge in [0.1, 0.15) is 0 Å². The van der Waals surface area contributed by atoms with Crippen LogP contribution < -0.4 is 4.72 Å². The number of hydrogen-bond acceptors (Lipinski definition) is 5. The fourth-order valence-corrected chi connectivity index (χ4v) is 3.96. The molecule has 0 aliphatic heterocycles. The highest BCUT2D eigenvalue weighted by atomic mass is 35.5. The van der Waals surface area contributed by atoms with Crippen LogP contribution in [-0.2, 0) is 10.0 Å². The number of ketones is 2. The Hall–Kier alpha value is -3.03. The van der Waals surface area contributed by atoms with Gasteiger partial charge in [-0.1, -0.05) is 23.7 Å². The molecule has 3 aromatic rings. The van der Waals surface area contributed by atoms with Gasteiger partial charge in [0.2, 0.25) is 0 Å². The highest BCUT2D eigenvalue weighted by Gasteiger charge is 2.20. The fourth-order valence-electron chi connectivity index (χ4n) is 2.71. The van der Waals surface area contributed by atoms with E-state index >= 15 is 0 Å². The van der Waals surface area contributed by atoms with Crippen LogP contribution >= 0.6 is 11.6 Å². The van der Waals surface area contributed by atoms with Crippen molar-refractivity contribution < 1.29 is 18.0 Å². The second-order valence-electron chi connectivity index (χ2n) is 6.39. The van der Waals surface area contributed by atoms with Crippen molar-refractivity contribution in [3.8, 4) is 0 Å². The summed E-state index contributed by atoms with van der Waals surface area (Å²) in [5.74, 6) is -0.553. The van der Waals surface area contributed by atoms with Crippen LogP contribution in [0.2, 0.25) is 5.02 Å². The lowest BCUT2D eigenvalue weighted by Crippen LogP contribution is -2.16. The lowest BCUT2D eigenvalue weighted by Gasteiger charge is -2.13. The first-order chi connectivity index (χ1) is 13.7. The number of sulfonamides is 1. The van der Waals surface area contributed by atoms with Gasteiger partial charge in [-0.05, 0) is 56.3 Å². The van der Waals surface area contributed by atoms with Gasteiger partial charge in [0, 0.05) is 33.6 Å². The quantitative estimate of drug-likeness (QED) is 0.591. The Balaban J connectivity index is 1.99. The number of nitrogens with one attached hydrogen (secondary N) is 1. The molecule has 0 saturated heterocycles. The smallest absolute Gasteiger partial charge is 0.261 e. The van der Waals surface area contributed by atoms with E-state index in [0.29, 0.717) is 21.8 Å². The van der Waals surface area contributed by atoms with Gasteiger partial charge in [-0.25, -0.2) is 8.42 Å². The fraction of sp³-hybridized carbons (Fsp3) is 0.0952. The van der Waals surface area contributed by atoms with Crippen LogP contribution in [0.25, 0.3) is 0 Å². The molecular weight excluding hydrogens is 412 g/mol. The van der Waals surface area contributed by atoms with E-state index in [1.165, 1.54) is 55.6 Å². The number of pyridine rings is 1. The minimum Gasteiger partial charge on any atom is -0.295 e. The van der Waals surface area contributed by atoms with Gasteiger partial charge in [-0.15, -0.1) is 0 Å². The van der Waals surface area contributed by atoms with Gasteiger partial charge in [0.25, 0.3) is 10.0 Å². The molecule has 8 heteroatoms. The summed E-state index contributed by atoms with van der Waals surface area (Å²) < 4.78 is 28.0. The number of carbonyl (C=O) groups excluding carboxylic acids is 2. The van der Waals surface area contributed by atoms with Crippen LogP contribution in [0, 0.1) is 6.92 Å². The lowest BCUT2D eigenvalue weighted by atomic mass is 10.0. The van der Waals surface area contributed by atoms with Crippen molar-refractivity contribution in [1.82, 2.24) is 4.98 Å². The summed E-state index contributed by atoms with van der Waals surface area (Å²) in [6.45, 7) is 3.15. The lowest BCUT2D eigenvalue weighted by molar-refractivity contribution is 0.101. The Labute approximate surface area is 173 Å². The zero-order valence-electron chi connectivity index (χ0n) is 15.6. The highest BCUT2D eigenvalue weighted by Crippen LogP contribution is 2.26. The van der Waals surface area contributed by atoms with Crippen LogP contribution in [0.3, 0.4) is 0 Å². The molecule has 1 N–H and O–H groups in total. The third kappa shape index (κ3) is 4.70. The van der Waals surface area contributed by atoms with E-state index in [1.54, 1.807) is 19.1 Å². The van der Waals surface area contributed by atoms with E-state index in [1.807, 2.05) is 0 Å². The number of aryl methyl sites for hydroxylation is 1. The van der Waals surface area contributed by atoms with Crippen LogP contribution in [0.15, 0.2) is 65.7 Å². The molecule has 1 heterocycles. The Morgan fingerprint density at radius 3 is 2.28 bits per heavy atom. The van der Waals surface area contributed by atoms with Crippen molar-refractivity contribution in [2.45, 2.75) is 18.7 Å². The molecule has 0 aliphatic rings. The number of Topliss-reactive ketones (excluding diaryl/α,β-unsaturated/α-hetero) is 1. The topological polar surface area (TPSA) is 93.2 Å². The van der Waals surface area contributed by atoms with E-state index in [-0.39, 0.29) is 27.7 Å². The molecule has 0 amide bonds. The predicted molar refractivity (Wildman–Crippen MR) is 111 cm³/mol. The normalized spacial score (nSPS) is 11.1. The first-order valence-electron chi connectivity index (χ1n) is 8.58. The van der Waals surface area contributed by atoms with Crippen molar-refractivity contribution >= 4 is 38.9 Å². The summed E-state index contributed by atoms with van der Waals surface area (Å²) in [7, 11) is -3.98. The third-order valence-corrected chi connectivity index (χ3v) is 5.82. The average molecular weight is 429 g/mol. The van der Waals surface area contributed by atoms with E-state index in [0.717, 1.165) is 0 Å². The van der Waals surface area contributed by atoms with Gasteiger partial charge in [0.15, 0.2) is 11.6 Å². The van der Waals surface area contributed by atoms with Gasteiger partial charge < -0.3 is 0 Å². The minimum atomic E-state index is -3.98. The summed E-state index contributed by atoms with van der Waals surface area (Å²) in [6.07, 6.45) is 1.51. The maximum Gasteiger partial charge on any atom is 0.261 e. The van der Waals surface area contributed by atoms with Gasteiger partial charge in [0.05, 0.1) is 10.6 Å². The largest absolute Gasteiger partial charge is 0.295 e. The Bertz CT molecular complexity index is 1210. The molecule has 0 radical (unpaired) electrons. The summed E-state index contributed by atoms with van der Waals surface area (Å²) >= 11 is 6.04. The van der Waals surface area contributed by atoms with E-state index in [9.17, 15) is 18.0 Å². The molecule has 3 rings (SSSR count). The van der Waals surface area contributed by atoms with Crippen LogP contribution in [0.1, 0.15) is 38.9 Å². The van der Waals surface area contributed by atoms with Crippen molar-refractivity contribution in [1.29, 1.82) is 0 Å². The van der Waals surface area contributed by atoms with Crippen molar-refractivity contribution in [3.05, 3.63) is 88.2 Å². The minimum absolute atomic E-state index is 0.0318. The van der Waals surface area contributed by atoms with Crippen molar-refractivity contribution in [2.24, 2.45) is 0 Å². The molecule has 148 valence electrons. The standard InChI is InChI=1S/C21H17ClN2O4S/c1-13-11-16(9-10-23-13)21(26)19-12-17(22)5-8-20(19)24-29(27,28)18-6-3-15(4-7-18)14(2)25/h3-12,24H,1-2H3. The average Bonchev–Trinajstić information content (AvgIpc) is 2.68. The molecule has 29 heavy (non-hydrogen) atoms. The zero-order valence-corrected chi connectivity index (χ0v) is 17.2. The summed E-state index contributed by atoms with van der Waals surface area (Å²) in [4.78, 5) is 28.4. The molecule has 1 aromatic heterocycles. The SMILES string of the molecule is CC(=O)c1ccc(S(=O)(=O)Nc2ccc(Cl)cc2C(=O)c2ccnc(C)c2)cc1. The number of benzene rings is 2. The molecule has 0 unspecified atom stereocenters. The summed E-state index contributed by atoms with van der Waals surface area (Å²) in [5.41, 5.74) is 1.65. The van der Waals surface area contributed by atoms with Crippen LogP contribution in [0.4, 0.5) is 5.69 Å². The first kappa shape index (κ1) is 20.7. The Morgan fingerprint density at radius 1 is 0.966 bits per heavy atom. The molecule has 0 atom stereocenters. The van der Waals surface area contributed by atoms with Crippen molar-refractivity contribution in [3.63, 3.8) is 0 Å². The molecule has 0 fully saturated rings.